The van der Waals surface area contributed by atoms with Crippen molar-refractivity contribution in [2.75, 3.05) is 11.9 Å². The van der Waals surface area contributed by atoms with Crippen molar-refractivity contribution in [3.05, 3.63) is 47.6 Å². The van der Waals surface area contributed by atoms with Gasteiger partial charge in [0.25, 0.3) is 0 Å². The number of hydrogen-bond acceptors (Lipinski definition) is 3. The number of fused-ring (bicyclic) bond motifs is 2. The van der Waals surface area contributed by atoms with Crippen LogP contribution in [0.3, 0.4) is 0 Å². The van der Waals surface area contributed by atoms with Gasteiger partial charge in [-0.3, -0.25) is 9.59 Å². The molecule has 4 atom stereocenters. The topological polar surface area (TPSA) is 75.6 Å². The summed E-state index contributed by atoms with van der Waals surface area (Å²) in [6.45, 7) is 6.45. The molecular weight excluding hydrogens is 318 g/mol. The summed E-state index contributed by atoms with van der Waals surface area (Å²) in [5, 5.41) is 12.5. The van der Waals surface area contributed by atoms with Crippen LogP contribution in [-0.4, -0.2) is 23.6 Å². The van der Waals surface area contributed by atoms with E-state index in [1.54, 1.807) is 24.3 Å². The SMILES string of the molecule is CCOc1ccc(NC(=O)[C@H]2[C@H](C(=O)O)[C@H]3C=C[C@H]2C3=C(C)C)cc1. The Morgan fingerprint density at radius 3 is 2.20 bits per heavy atom. The quantitative estimate of drug-likeness (QED) is 0.804. The average Bonchev–Trinajstić information content (AvgIpc) is 3.13. The molecule has 2 bridgehead atoms. The Kier molecular flexibility index (Phi) is 4.66. The van der Waals surface area contributed by atoms with Gasteiger partial charge in [-0.25, -0.2) is 0 Å². The number of rotatable bonds is 5. The molecule has 1 aromatic carbocycles. The molecular formula is C20H23NO4. The lowest BCUT2D eigenvalue weighted by Crippen LogP contribution is -2.36. The fourth-order valence-electron chi connectivity index (χ4n) is 4.07. The highest BCUT2D eigenvalue weighted by Crippen LogP contribution is 2.53. The number of hydrogen-bond donors (Lipinski definition) is 2. The summed E-state index contributed by atoms with van der Waals surface area (Å²) in [6, 6.07) is 7.11. The second-order valence-corrected chi connectivity index (χ2v) is 6.73. The van der Waals surface area contributed by atoms with Gasteiger partial charge >= 0.3 is 5.97 Å². The molecule has 0 aliphatic heterocycles. The third-order valence-corrected chi connectivity index (χ3v) is 5.00. The van der Waals surface area contributed by atoms with E-state index in [2.05, 4.69) is 5.32 Å². The molecule has 3 rings (SSSR count). The Hall–Kier alpha value is -2.56. The lowest BCUT2D eigenvalue weighted by molar-refractivity contribution is -0.146. The van der Waals surface area contributed by atoms with Crippen molar-refractivity contribution in [2.45, 2.75) is 20.8 Å². The number of carbonyl (C=O) groups is 2. The molecule has 1 saturated carbocycles. The van der Waals surface area contributed by atoms with E-state index < -0.39 is 17.8 Å². The standard InChI is InChI=1S/C20H23NO4/c1-4-25-13-7-5-12(6-8-13)21-19(22)17-14-9-10-15(16(14)11(2)3)18(17)20(23)24/h5-10,14-15,17-18H,4H2,1-3H3,(H,21,22)(H,23,24)/t14-,15-,17+,18+/m0/s1. The molecule has 2 aliphatic rings. The number of carboxylic acids is 1. The van der Waals surface area contributed by atoms with E-state index in [1.807, 2.05) is 32.9 Å². The Labute approximate surface area is 147 Å². The van der Waals surface area contributed by atoms with Gasteiger partial charge in [0.2, 0.25) is 5.91 Å². The minimum atomic E-state index is -0.914. The Balaban J connectivity index is 1.82. The van der Waals surface area contributed by atoms with Crippen LogP contribution in [-0.2, 0) is 9.59 Å². The van der Waals surface area contributed by atoms with Crippen LogP contribution in [0.15, 0.2) is 47.6 Å². The van der Waals surface area contributed by atoms with Crippen LogP contribution in [0.25, 0.3) is 0 Å². The van der Waals surface area contributed by atoms with E-state index in [4.69, 9.17) is 4.74 Å². The summed E-state index contributed by atoms with van der Waals surface area (Å²) in [5.74, 6) is -2.01. The molecule has 2 aliphatic carbocycles. The van der Waals surface area contributed by atoms with E-state index in [1.165, 1.54) is 0 Å². The molecule has 0 spiro atoms. The minimum absolute atomic E-state index is 0.126. The highest BCUT2D eigenvalue weighted by Gasteiger charge is 2.54. The molecule has 2 N–H and O–H groups in total. The van der Waals surface area contributed by atoms with Gasteiger partial charge in [0, 0.05) is 17.5 Å². The minimum Gasteiger partial charge on any atom is -0.494 e. The molecule has 1 fully saturated rings. The van der Waals surface area contributed by atoms with Gasteiger partial charge in [0.1, 0.15) is 5.75 Å². The number of allylic oxidation sites excluding steroid dienone is 4. The Morgan fingerprint density at radius 2 is 1.68 bits per heavy atom. The maximum atomic E-state index is 12.8. The molecule has 0 saturated heterocycles. The van der Waals surface area contributed by atoms with Crippen LogP contribution in [0.4, 0.5) is 5.69 Å². The summed E-state index contributed by atoms with van der Waals surface area (Å²) < 4.78 is 5.39. The van der Waals surface area contributed by atoms with Gasteiger partial charge in [0.05, 0.1) is 18.4 Å². The molecule has 0 heterocycles. The third kappa shape index (κ3) is 3.06. The number of nitrogens with one attached hydrogen (secondary N) is 1. The molecule has 25 heavy (non-hydrogen) atoms. The van der Waals surface area contributed by atoms with Crippen molar-refractivity contribution in [1.82, 2.24) is 0 Å². The van der Waals surface area contributed by atoms with Crippen LogP contribution in [0.5, 0.6) is 5.75 Å². The summed E-state index contributed by atoms with van der Waals surface area (Å²) in [4.78, 5) is 24.6. The monoisotopic (exact) mass is 341 g/mol. The van der Waals surface area contributed by atoms with Crippen molar-refractivity contribution < 1.29 is 19.4 Å². The Bertz CT molecular complexity index is 743. The number of aliphatic carboxylic acids is 1. The normalized spacial score (nSPS) is 26.6. The predicted molar refractivity (Wildman–Crippen MR) is 95.4 cm³/mol. The smallest absolute Gasteiger partial charge is 0.308 e. The number of carbonyl (C=O) groups excluding carboxylic acids is 1. The number of amides is 1. The van der Waals surface area contributed by atoms with E-state index in [0.29, 0.717) is 12.3 Å². The van der Waals surface area contributed by atoms with E-state index >= 15 is 0 Å². The first-order valence-electron chi connectivity index (χ1n) is 8.56. The number of anilines is 1. The van der Waals surface area contributed by atoms with Gasteiger partial charge in [-0.2, -0.15) is 0 Å². The van der Waals surface area contributed by atoms with Crippen LogP contribution < -0.4 is 10.1 Å². The van der Waals surface area contributed by atoms with Gasteiger partial charge in [0.15, 0.2) is 0 Å². The van der Waals surface area contributed by atoms with E-state index in [-0.39, 0.29) is 17.7 Å². The maximum Gasteiger partial charge on any atom is 0.308 e. The maximum absolute atomic E-state index is 12.8. The van der Waals surface area contributed by atoms with E-state index in [9.17, 15) is 14.7 Å². The number of ether oxygens (including phenoxy) is 1. The average molecular weight is 341 g/mol. The molecule has 1 amide bonds. The number of benzene rings is 1. The lowest BCUT2D eigenvalue weighted by Gasteiger charge is -2.23. The van der Waals surface area contributed by atoms with Crippen LogP contribution in [0.1, 0.15) is 20.8 Å². The van der Waals surface area contributed by atoms with Gasteiger partial charge < -0.3 is 15.2 Å². The molecule has 5 nitrogen and oxygen atoms in total. The van der Waals surface area contributed by atoms with Gasteiger partial charge in [-0.1, -0.05) is 23.3 Å². The van der Waals surface area contributed by atoms with Crippen molar-refractivity contribution in [1.29, 1.82) is 0 Å². The summed E-state index contributed by atoms with van der Waals surface area (Å²) in [6.07, 6.45) is 3.92. The van der Waals surface area contributed by atoms with Crippen LogP contribution >= 0.6 is 0 Å². The molecule has 132 valence electrons. The summed E-state index contributed by atoms with van der Waals surface area (Å²) >= 11 is 0. The van der Waals surface area contributed by atoms with Crippen molar-refractivity contribution in [3.63, 3.8) is 0 Å². The largest absolute Gasteiger partial charge is 0.494 e. The summed E-state index contributed by atoms with van der Waals surface area (Å²) in [5.41, 5.74) is 2.82. The highest BCUT2D eigenvalue weighted by molar-refractivity contribution is 5.97. The predicted octanol–water partition coefficient (Wildman–Crippen LogP) is 3.49. The Morgan fingerprint density at radius 1 is 1.08 bits per heavy atom. The zero-order valence-electron chi connectivity index (χ0n) is 14.7. The first-order valence-corrected chi connectivity index (χ1v) is 8.56. The lowest BCUT2D eigenvalue weighted by atomic mass is 9.82. The first kappa shape index (κ1) is 17.3. The molecule has 0 radical (unpaired) electrons. The van der Waals surface area contributed by atoms with Gasteiger partial charge in [-0.05, 0) is 45.0 Å². The molecule has 0 aromatic heterocycles. The fraction of sp³-hybridized carbons (Fsp3) is 0.400. The highest BCUT2D eigenvalue weighted by atomic mass is 16.5. The van der Waals surface area contributed by atoms with Crippen molar-refractivity contribution >= 4 is 17.6 Å². The van der Waals surface area contributed by atoms with Crippen molar-refractivity contribution in [3.8, 4) is 5.75 Å². The van der Waals surface area contributed by atoms with Crippen LogP contribution in [0, 0.1) is 23.7 Å². The first-order chi connectivity index (χ1) is 11.9. The second-order valence-electron chi connectivity index (χ2n) is 6.73. The van der Waals surface area contributed by atoms with Crippen molar-refractivity contribution in [2.24, 2.45) is 23.7 Å². The third-order valence-electron chi connectivity index (χ3n) is 5.00. The zero-order chi connectivity index (χ0) is 18.1. The zero-order valence-corrected chi connectivity index (χ0v) is 14.7. The van der Waals surface area contributed by atoms with Crippen LogP contribution in [0.2, 0.25) is 0 Å². The van der Waals surface area contributed by atoms with E-state index in [0.717, 1.165) is 16.9 Å². The number of carboxylic acid groups (broad SMARTS) is 1. The second kappa shape index (κ2) is 6.75. The summed E-state index contributed by atoms with van der Waals surface area (Å²) in [7, 11) is 0. The molecule has 5 heteroatoms. The van der Waals surface area contributed by atoms with Gasteiger partial charge in [-0.15, -0.1) is 0 Å². The molecule has 0 unspecified atom stereocenters. The molecule has 1 aromatic rings. The fourth-order valence-corrected chi connectivity index (χ4v) is 4.07.